The van der Waals surface area contributed by atoms with Crippen LogP contribution in [0.25, 0.3) is 11.1 Å². The second-order valence-corrected chi connectivity index (χ2v) is 13.9. The Hall–Kier alpha value is -4.73. The van der Waals surface area contributed by atoms with E-state index < -0.39 is 12.1 Å². The molecular formula is C43H51FN4O4. The predicted octanol–water partition coefficient (Wildman–Crippen LogP) is 7.09. The number of ether oxygens (including phenoxy) is 2. The van der Waals surface area contributed by atoms with E-state index in [-0.39, 0.29) is 24.2 Å². The summed E-state index contributed by atoms with van der Waals surface area (Å²) in [5, 5.41) is 2.99. The van der Waals surface area contributed by atoms with Gasteiger partial charge in [-0.2, -0.15) is 0 Å². The highest BCUT2D eigenvalue weighted by molar-refractivity contribution is 5.86. The monoisotopic (exact) mass is 706 g/mol. The number of carbonyl (C=O) groups excluding carboxylic acids is 2. The summed E-state index contributed by atoms with van der Waals surface area (Å²) < 4.78 is 26.1. The number of amides is 2. The number of nitrogens with one attached hydrogen (secondary N) is 1. The second kappa shape index (κ2) is 18.2. The van der Waals surface area contributed by atoms with Crippen molar-refractivity contribution in [2.24, 2.45) is 5.92 Å². The lowest BCUT2D eigenvalue weighted by Crippen LogP contribution is -2.58. The molecule has 0 spiro atoms. The molecule has 2 heterocycles. The van der Waals surface area contributed by atoms with Crippen molar-refractivity contribution in [1.82, 2.24) is 20.0 Å². The highest BCUT2D eigenvalue weighted by atomic mass is 19.1. The lowest BCUT2D eigenvalue weighted by molar-refractivity contribution is -0.137. The molecule has 0 aliphatic carbocycles. The topological polar surface area (TPSA) is 74.3 Å². The van der Waals surface area contributed by atoms with E-state index >= 15 is 0 Å². The zero-order chi connectivity index (χ0) is 36.3. The lowest BCUT2D eigenvalue weighted by atomic mass is 9.88. The highest BCUT2D eigenvalue weighted by Gasteiger charge is 2.37. The summed E-state index contributed by atoms with van der Waals surface area (Å²) in [6.07, 6.45) is 1.94. The van der Waals surface area contributed by atoms with E-state index in [9.17, 15) is 14.0 Å². The predicted molar refractivity (Wildman–Crippen MR) is 202 cm³/mol. The number of piperidine rings is 1. The van der Waals surface area contributed by atoms with E-state index in [4.69, 9.17) is 9.47 Å². The SMILES string of the molecule is CCOc1cccc(F)c1CN1CCN(C(=O)[C@H](NC(=O)OCc2ccccc2)C2CCN(CCc3cc(C)ccc3-c3ccccc3)CC2)CC1. The van der Waals surface area contributed by atoms with Crippen molar-refractivity contribution in [2.75, 3.05) is 52.4 Å². The highest BCUT2D eigenvalue weighted by Crippen LogP contribution is 2.28. The normalized spacial score (nSPS) is 16.3. The Labute approximate surface area is 307 Å². The lowest BCUT2D eigenvalue weighted by Gasteiger charge is -2.40. The number of alkyl carbamates (subject to hydrolysis) is 1. The van der Waals surface area contributed by atoms with Crippen LogP contribution in [0.2, 0.25) is 0 Å². The molecule has 1 atom stereocenters. The number of hydrogen-bond donors (Lipinski definition) is 1. The van der Waals surface area contributed by atoms with Crippen LogP contribution in [0.15, 0.2) is 97.1 Å². The molecule has 2 saturated heterocycles. The van der Waals surface area contributed by atoms with Crippen molar-refractivity contribution in [3.63, 3.8) is 0 Å². The van der Waals surface area contributed by atoms with Crippen LogP contribution in [0, 0.1) is 18.7 Å². The maximum atomic E-state index is 14.8. The van der Waals surface area contributed by atoms with Crippen molar-refractivity contribution in [1.29, 1.82) is 0 Å². The molecule has 1 N–H and O–H groups in total. The molecule has 2 aliphatic rings. The average molecular weight is 707 g/mol. The number of benzene rings is 4. The first-order valence-electron chi connectivity index (χ1n) is 18.6. The van der Waals surface area contributed by atoms with E-state index in [1.807, 2.05) is 48.2 Å². The van der Waals surface area contributed by atoms with Gasteiger partial charge in [-0.25, -0.2) is 9.18 Å². The van der Waals surface area contributed by atoms with Crippen LogP contribution in [0.3, 0.4) is 0 Å². The maximum absolute atomic E-state index is 14.8. The molecule has 4 aromatic rings. The Bertz CT molecular complexity index is 1760. The number of likely N-dealkylation sites (tertiary alicyclic amines) is 1. The standard InChI is InChI=1S/C43H51FN4O4/c1-3-51-40-16-10-15-39(44)38(40)30-47-25-27-48(28-26-47)42(49)41(45-43(50)52-31-33-11-6-4-7-12-33)35-19-22-46(23-20-35)24-21-36-29-32(2)17-18-37(36)34-13-8-5-9-14-34/h4-18,29,35,41H,3,19-28,30-31H2,1-2H3,(H,45,50)/t41-/m1/s1. The van der Waals surface area contributed by atoms with Gasteiger partial charge in [0, 0.05) is 44.8 Å². The number of carbonyl (C=O) groups is 2. The molecule has 9 heteroatoms. The molecule has 2 amide bonds. The average Bonchev–Trinajstić information content (AvgIpc) is 3.18. The third-order valence-electron chi connectivity index (χ3n) is 10.3. The number of rotatable bonds is 13. The van der Waals surface area contributed by atoms with E-state index in [2.05, 4.69) is 64.5 Å². The number of piperazine rings is 1. The maximum Gasteiger partial charge on any atom is 0.408 e. The van der Waals surface area contributed by atoms with Gasteiger partial charge in [0.15, 0.2) is 0 Å². The molecule has 274 valence electrons. The third-order valence-corrected chi connectivity index (χ3v) is 10.3. The van der Waals surface area contributed by atoms with Crippen LogP contribution in [0.1, 0.15) is 42.0 Å². The molecule has 0 bridgehead atoms. The van der Waals surface area contributed by atoms with Gasteiger partial charge >= 0.3 is 6.09 Å². The van der Waals surface area contributed by atoms with E-state index in [0.29, 0.717) is 50.6 Å². The fourth-order valence-electron chi connectivity index (χ4n) is 7.42. The summed E-state index contributed by atoms with van der Waals surface area (Å²) >= 11 is 0. The van der Waals surface area contributed by atoms with Crippen LogP contribution < -0.4 is 10.1 Å². The van der Waals surface area contributed by atoms with Gasteiger partial charge in [-0.3, -0.25) is 9.69 Å². The van der Waals surface area contributed by atoms with Crippen molar-refractivity contribution >= 4 is 12.0 Å². The fraction of sp³-hybridized carbons (Fsp3) is 0.395. The van der Waals surface area contributed by atoms with E-state index in [1.54, 1.807) is 12.1 Å². The van der Waals surface area contributed by atoms with Crippen LogP contribution in [0.4, 0.5) is 9.18 Å². The van der Waals surface area contributed by atoms with Crippen LogP contribution in [-0.4, -0.2) is 85.2 Å². The first-order chi connectivity index (χ1) is 25.4. The fourth-order valence-corrected chi connectivity index (χ4v) is 7.42. The minimum atomic E-state index is -0.686. The van der Waals surface area contributed by atoms with Crippen LogP contribution in [0.5, 0.6) is 5.75 Å². The van der Waals surface area contributed by atoms with Crippen molar-refractivity contribution in [3.8, 4) is 16.9 Å². The molecule has 0 unspecified atom stereocenters. The second-order valence-electron chi connectivity index (χ2n) is 13.9. The summed E-state index contributed by atoms with van der Waals surface area (Å²) in [5.74, 6) is 0.172. The molecule has 8 nitrogen and oxygen atoms in total. The molecule has 52 heavy (non-hydrogen) atoms. The summed E-state index contributed by atoms with van der Waals surface area (Å²) in [5.41, 5.74) is 6.52. The zero-order valence-electron chi connectivity index (χ0n) is 30.4. The van der Waals surface area contributed by atoms with Crippen molar-refractivity contribution in [2.45, 2.75) is 52.3 Å². The van der Waals surface area contributed by atoms with Gasteiger partial charge in [0.25, 0.3) is 0 Å². The quantitative estimate of drug-likeness (QED) is 0.160. The Balaban J connectivity index is 1.08. The number of hydrogen-bond acceptors (Lipinski definition) is 6. The van der Waals surface area contributed by atoms with Gasteiger partial charge in [0.2, 0.25) is 5.91 Å². The number of halogens is 1. The molecule has 2 fully saturated rings. The van der Waals surface area contributed by atoms with Gasteiger partial charge < -0.3 is 24.6 Å². The molecule has 2 aliphatic heterocycles. The van der Waals surface area contributed by atoms with Crippen molar-refractivity contribution < 1.29 is 23.5 Å². The summed E-state index contributed by atoms with van der Waals surface area (Å²) in [4.78, 5) is 33.8. The van der Waals surface area contributed by atoms with Crippen LogP contribution in [-0.2, 0) is 29.1 Å². The van der Waals surface area contributed by atoms with Gasteiger partial charge in [-0.1, -0.05) is 90.5 Å². The first kappa shape index (κ1) is 37.0. The van der Waals surface area contributed by atoms with Crippen molar-refractivity contribution in [3.05, 3.63) is 125 Å². The van der Waals surface area contributed by atoms with Crippen LogP contribution >= 0.6 is 0 Å². The molecule has 4 aromatic carbocycles. The summed E-state index contributed by atoms with van der Waals surface area (Å²) in [7, 11) is 0. The number of nitrogens with zero attached hydrogens (tertiary/aromatic N) is 3. The smallest absolute Gasteiger partial charge is 0.408 e. The Morgan fingerprint density at radius 3 is 2.27 bits per heavy atom. The van der Waals surface area contributed by atoms with Gasteiger partial charge in [-0.15, -0.1) is 0 Å². The summed E-state index contributed by atoms with van der Waals surface area (Å²) in [6, 6.07) is 31.0. The Kier molecular flexibility index (Phi) is 12.9. The van der Waals surface area contributed by atoms with Gasteiger partial charge in [0.1, 0.15) is 24.2 Å². The molecule has 0 radical (unpaired) electrons. The van der Waals surface area contributed by atoms with Gasteiger partial charge in [-0.05, 0) is 86.5 Å². The minimum absolute atomic E-state index is 0.0166. The Morgan fingerprint density at radius 2 is 1.56 bits per heavy atom. The zero-order valence-corrected chi connectivity index (χ0v) is 30.4. The third kappa shape index (κ3) is 9.78. The molecule has 0 saturated carbocycles. The van der Waals surface area contributed by atoms with E-state index in [1.165, 1.54) is 28.3 Å². The minimum Gasteiger partial charge on any atom is -0.493 e. The molecular weight excluding hydrogens is 655 g/mol. The Morgan fingerprint density at radius 1 is 0.846 bits per heavy atom. The molecule has 0 aromatic heterocycles. The summed E-state index contributed by atoms with van der Waals surface area (Å²) in [6.45, 7) is 9.83. The number of aryl methyl sites for hydroxylation is 1. The first-order valence-corrected chi connectivity index (χ1v) is 18.6. The largest absolute Gasteiger partial charge is 0.493 e. The van der Waals surface area contributed by atoms with E-state index in [0.717, 1.165) is 44.5 Å². The molecule has 6 rings (SSSR count). The van der Waals surface area contributed by atoms with Gasteiger partial charge in [0.05, 0.1) is 6.61 Å².